The zero-order chi connectivity index (χ0) is 14.5. The molecule has 1 amide bonds. The van der Waals surface area contributed by atoms with Gasteiger partial charge in [0.1, 0.15) is 0 Å². The van der Waals surface area contributed by atoms with Gasteiger partial charge in [0.2, 0.25) is 5.82 Å². The molecule has 0 radical (unpaired) electrons. The fraction of sp³-hybridized carbons (Fsp3) is 0.231. The van der Waals surface area contributed by atoms with Crippen LogP contribution < -0.4 is 10.2 Å². The molecule has 20 heavy (non-hydrogen) atoms. The van der Waals surface area contributed by atoms with Crippen molar-refractivity contribution >= 4 is 23.1 Å². The van der Waals surface area contributed by atoms with Crippen LogP contribution in [0.15, 0.2) is 40.8 Å². The van der Waals surface area contributed by atoms with Gasteiger partial charge in [-0.05, 0) is 24.3 Å². The lowest BCUT2D eigenvalue weighted by Gasteiger charge is -2.11. The SMILES string of the molecule is CNC(=O)c1[nH]cnc1N=Nc1ccc(N(C)C)cc1. The van der Waals surface area contributed by atoms with Gasteiger partial charge in [0, 0.05) is 26.8 Å². The molecule has 7 heteroatoms. The van der Waals surface area contributed by atoms with E-state index in [-0.39, 0.29) is 11.7 Å². The van der Waals surface area contributed by atoms with Crippen molar-refractivity contribution < 1.29 is 4.79 Å². The highest BCUT2D eigenvalue weighted by Gasteiger charge is 2.11. The van der Waals surface area contributed by atoms with E-state index in [1.807, 2.05) is 43.3 Å². The van der Waals surface area contributed by atoms with E-state index < -0.39 is 0 Å². The number of carbonyl (C=O) groups excluding carboxylic acids is 1. The molecule has 1 aromatic heterocycles. The number of nitrogens with zero attached hydrogens (tertiary/aromatic N) is 4. The first kappa shape index (κ1) is 13.7. The summed E-state index contributed by atoms with van der Waals surface area (Å²) in [5.74, 6) is -0.0135. The molecule has 0 aliphatic heterocycles. The summed E-state index contributed by atoms with van der Waals surface area (Å²) in [7, 11) is 5.48. The van der Waals surface area contributed by atoms with Gasteiger partial charge >= 0.3 is 0 Å². The Balaban J connectivity index is 2.17. The zero-order valence-electron chi connectivity index (χ0n) is 11.6. The number of carbonyl (C=O) groups is 1. The summed E-state index contributed by atoms with van der Waals surface area (Å²) in [5.41, 5.74) is 2.07. The Morgan fingerprint density at radius 3 is 2.55 bits per heavy atom. The maximum absolute atomic E-state index is 11.5. The number of aromatic nitrogens is 2. The van der Waals surface area contributed by atoms with Crippen LogP contribution in [0.4, 0.5) is 17.2 Å². The van der Waals surface area contributed by atoms with Crippen molar-refractivity contribution in [3.05, 3.63) is 36.3 Å². The minimum absolute atomic E-state index is 0.265. The van der Waals surface area contributed by atoms with Crippen LogP contribution in [0.1, 0.15) is 10.5 Å². The molecule has 0 atom stereocenters. The number of azo groups is 1. The summed E-state index contributed by atoms with van der Waals surface area (Å²) >= 11 is 0. The molecule has 0 unspecified atom stereocenters. The highest BCUT2D eigenvalue weighted by atomic mass is 16.1. The number of nitrogens with one attached hydrogen (secondary N) is 2. The van der Waals surface area contributed by atoms with Gasteiger partial charge in [0.25, 0.3) is 5.91 Å². The molecular weight excluding hydrogens is 256 g/mol. The lowest BCUT2D eigenvalue weighted by Crippen LogP contribution is -2.18. The number of amides is 1. The number of H-pyrrole nitrogens is 1. The molecule has 7 nitrogen and oxygen atoms in total. The first-order chi connectivity index (χ1) is 9.61. The Morgan fingerprint density at radius 1 is 1.25 bits per heavy atom. The van der Waals surface area contributed by atoms with Gasteiger partial charge in [-0.15, -0.1) is 10.2 Å². The smallest absolute Gasteiger partial charge is 0.271 e. The van der Waals surface area contributed by atoms with E-state index in [1.54, 1.807) is 7.05 Å². The summed E-state index contributed by atoms with van der Waals surface area (Å²) in [6.07, 6.45) is 1.41. The zero-order valence-corrected chi connectivity index (χ0v) is 11.6. The second-order valence-corrected chi connectivity index (χ2v) is 4.29. The molecule has 2 aromatic rings. The lowest BCUT2D eigenvalue weighted by atomic mass is 10.3. The topological polar surface area (TPSA) is 85.7 Å². The van der Waals surface area contributed by atoms with E-state index in [2.05, 4.69) is 25.5 Å². The van der Waals surface area contributed by atoms with Crippen LogP contribution in [-0.2, 0) is 0 Å². The molecule has 0 aliphatic rings. The third-order valence-electron chi connectivity index (χ3n) is 2.70. The van der Waals surface area contributed by atoms with Gasteiger partial charge in [-0.3, -0.25) is 4.79 Å². The van der Waals surface area contributed by atoms with Gasteiger partial charge in [0.15, 0.2) is 5.69 Å². The third kappa shape index (κ3) is 3.00. The van der Waals surface area contributed by atoms with Crippen molar-refractivity contribution in [3.8, 4) is 0 Å². The molecule has 0 spiro atoms. The summed E-state index contributed by atoms with van der Waals surface area (Å²) in [6, 6.07) is 7.59. The fourth-order valence-corrected chi connectivity index (χ4v) is 1.58. The number of benzene rings is 1. The van der Waals surface area contributed by atoms with Gasteiger partial charge in [0.05, 0.1) is 12.0 Å². The molecule has 1 heterocycles. The first-order valence-corrected chi connectivity index (χ1v) is 6.06. The van der Waals surface area contributed by atoms with Crippen molar-refractivity contribution in [2.75, 3.05) is 26.0 Å². The molecule has 104 valence electrons. The van der Waals surface area contributed by atoms with Crippen LogP contribution in [0.5, 0.6) is 0 Å². The molecule has 0 fully saturated rings. The minimum atomic E-state index is -0.278. The maximum Gasteiger partial charge on any atom is 0.271 e. The second kappa shape index (κ2) is 5.96. The summed E-state index contributed by atoms with van der Waals surface area (Å²) in [4.78, 5) is 20.2. The number of hydrogen-bond acceptors (Lipinski definition) is 5. The van der Waals surface area contributed by atoms with Crippen molar-refractivity contribution in [1.82, 2.24) is 15.3 Å². The monoisotopic (exact) mass is 272 g/mol. The van der Waals surface area contributed by atoms with E-state index in [0.29, 0.717) is 11.4 Å². The van der Waals surface area contributed by atoms with E-state index in [1.165, 1.54) is 6.33 Å². The van der Waals surface area contributed by atoms with Crippen molar-refractivity contribution in [2.24, 2.45) is 10.2 Å². The van der Waals surface area contributed by atoms with Gasteiger partial charge in [-0.1, -0.05) is 0 Å². The number of anilines is 1. The predicted molar refractivity (Wildman–Crippen MR) is 76.9 cm³/mol. The number of aromatic amines is 1. The number of imidazole rings is 1. The second-order valence-electron chi connectivity index (χ2n) is 4.29. The number of hydrogen-bond donors (Lipinski definition) is 2. The Hall–Kier alpha value is -2.70. The molecule has 2 rings (SSSR count). The van der Waals surface area contributed by atoms with Gasteiger partial charge < -0.3 is 15.2 Å². The Labute approximate surface area is 116 Å². The molecule has 1 aromatic carbocycles. The predicted octanol–water partition coefficient (Wildman–Crippen LogP) is 2.25. The molecule has 0 bridgehead atoms. The van der Waals surface area contributed by atoms with Crippen LogP contribution in [0.2, 0.25) is 0 Å². The number of rotatable bonds is 4. The van der Waals surface area contributed by atoms with E-state index in [4.69, 9.17) is 0 Å². The van der Waals surface area contributed by atoms with Crippen LogP contribution >= 0.6 is 0 Å². The molecule has 0 aliphatic carbocycles. The molecule has 0 saturated carbocycles. The summed E-state index contributed by atoms with van der Waals surface area (Å²) < 4.78 is 0. The molecule has 2 N–H and O–H groups in total. The minimum Gasteiger partial charge on any atom is -0.378 e. The van der Waals surface area contributed by atoms with Crippen LogP contribution in [0, 0.1) is 0 Å². The first-order valence-electron chi connectivity index (χ1n) is 6.06. The maximum atomic E-state index is 11.5. The standard InChI is InChI=1S/C13H16N6O/c1-14-13(20)11-12(16-8-15-11)18-17-9-4-6-10(7-5-9)19(2)3/h4-8H,1-3H3,(H,14,20)(H,15,16). The fourth-order valence-electron chi connectivity index (χ4n) is 1.58. The van der Waals surface area contributed by atoms with Crippen LogP contribution in [-0.4, -0.2) is 37.0 Å². The Morgan fingerprint density at radius 2 is 1.95 bits per heavy atom. The highest BCUT2D eigenvalue weighted by Crippen LogP contribution is 2.21. The average Bonchev–Trinajstić information content (AvgIpc) is 2.93. The van der Waals surface area contributed by atoms with Gasteiger partial charge in [-0.25, -0.2) is 4.98 Å². The van der Waals surface area contributed by atoms with Crippen molar-refractivity contribution in [1.29, 1.82) is 0 Å². The Bertz CT molecular complexity index is 614. The van der Waals surface area contributed by atoms with E-state index in [0.717, 1.165) is 5.69 Å². The third-order valence-corrected chi connectivity index (χ3v) is 2.70. The van der Waals surface area contributed by atoms with Crippen LogP contribution in [0.25, 0.3) is 0 Å². The quantitative estimate of drug-likeness (QED) is 0.837. The van der Waals surface area contributed by atoms with Gasteiger partial charge in [-0.2, -0.15) is 0 Å². The largest absolute Gasteiger partial charge is 0.378 e. The molecular formula is C13H16N6O. The summed E-state index contributed by atoms with van der Waals surface area (Å²) in [5, 5.41) is 10.6. The Kier molecular flexibility index (Phi) is 4.09. The van der Waals surface area contributed by atoms with Crippen molar-refractivity contribution in [3.63, 3.8) is 0 Å². The normalized spacial score (nSPS) is 10.8. The van der Waals surface area contributed by atoms with Crippen LogP contribution in [0.3, 0.4) is 0 Å². The molecule has 0 saturated heterocycles. The lowest BCUT2D eigenvalue weighted by molar-refractivity contribution is 0.0959. The van der Waals surface area contributed by atoms with Crippen molar-refractivity contribution in [2.45, 2.75) is 0 Å². The van der Waals surface area contributed by atoms with E-state index >= 15 is 0 Å². The summed E-state index contributed by atoms with van der Waals surface area (Å²) in [6.45, 7) is 0. The average molecular weight is 272 g/mol. The highest BCUT2D eigenvalue weighted by molar-refractivity contribution is 5.95. The van der Waals surface area contributed by atoms with E-state index in [9.17, 15) is 4.79 Å².